The zero-order chi connectivity index (χ0) is 13.8. The molecule has 0 aromatic carbocycles. The van der Waals surface area contributed by atoms with Crippen LogP contribution < -0.4 is 5.32 Å². The van der Waals surface area contributed by atoms with E-state index in [1.54, 1.807) is 7.11 Å². The van der Waals surface area contributed by atoms with Gasteiger partial charge in [0.15, 0.2) is 0 Å². The molecule has 1 heterocycles. The molecule has 1 aliphatic carbocycles. The van der Waals surface area contributed by atoms with Crippen molar-refractivity contribution in [2.45, 2.75) is 58.5 Å². The number of imidazole rings is 1. The van der Waals surface area contributed by atoms with Gasteiger partial charge in [0.25, 0.3) is 0 Å². The monoisotopic (exact) mass is 265 g/mol. The lowest BCUT2D eigenvalue weighted by Gasteiger charge is -2.29. The third-order valence-corrected chi connectivity index (χ3v) is 3.95. The van der Waals surface area contributed by atoms with E-state index < -0.39 is 0 Å². The minimum absolute atomic E-state index is 0.284. The molecule has 2 rings (SSSR count). The Morgan fingerprint density at radius 1 is 1.53 bits per heavy atom. The number of aromatic nitrogens is 2. The van der Waals surface area contributed by atoms with Gasteiger partial charge in [0.1, 0.15) is 0 Å². The first-order valence-corrected chi connectivity index (χ1v) is 7.41. The van der Waals surface area contributed by atoms with Crippen molar-refractivity contribution in [2.24, 2.45) is 5.92 Å². The van der Waals surface area contributed by atoms with Crippen LogP contribution in [0.4, 0.5) is 5.95 Å². The van der Waals surface area contributed by atoms with Crippen LogP contribution in [0, 0.1) is 12.8 Å². The molecular weight excluding hydrogens is 238 g/mol. The average molecular weight is 265 g/mol. The average Bonchev–Trinajstić information content (AvgIpc) is 2.70. The van der Waals surface area contributed by atoms with E-state index in [0.717, 1.165) is 17.6 Å². The topological polar surface area (TPSA) is 39.1 Å². The molecule has 19 heavy (non-hydrogen) atoms. The number of ether oxygens (including phenoxy) is 1. The quantitative estimate of drug-likeness (QED) is 0.887. The highest BCUT2D eigenvalue weighted by molar-refractivity contribution is 5.31. The second-order valence-electron chi connectivity index (χ2n) is 6.04. The number of rotatable bonds is 5. The Morgan fingerprint density at radius 3 is 3.00 bits per heavy atom. The van der Waals surface area contributed by atoms with Crippen LogP contribution in [0.3, 0.4) is 0 Å². The zero-order valence-corrected chi connectivity index (χ0v) is 12.6. The Bertz CT molecular complexity index is 402. The lowest BCUT2D eigenvalue weighted by Crippen LogP contribution is -2.25. The van der Waals surface area contributed by atoms with Gasteiger partial charge in [-0.1, -0.05) is 19.8 Å². The molecule has 1 aromatic rings. The fourth-order valence-electron chi connectivity index (χ4n) is 3.07. The molecule has 3 unspecified atom stereocenters. The summed E-state index contributed by atoms with van der Waals surface area (Å²) in [5, 5.41) is 3.47. The minimum Gasteiger partial charge on any atom is -0.383 e. The fraction of sp³-hybridized carbons (Fsp3) is 0.800. The minimum atomic E-state index is 0.284. The van der Waals surface area contributed by atoms with Crippen molar-refractivity contribution in [1.29, 1.82) is 0 Å². The maximum Gasteiger partial charge on any atom is 0.203 e. The lowest BCUT2D eigenvalue weighted by molar-refractivity contribution is 0.189. The first-order valence-electron chi connectivity index (χ1n) is 7.41. The van der Waals surface area contributed by atoms with E-state index in [9.17, 15) is 0 Å². The van der Waals surface area contributed by atoms with E-state index in [1.165, 1.54) is 25.7 Å². The maximum atomic E-state index is 5.19. The van der Waals surface area contributed by atoms with Crippen LogP contribution in [0.2, 0.25) is 0 Å². The highest BCUT2D eigenvalue weighted by atomic mass is 16.5. The van der Waals surface area contributed by atoms with Gasteiger partial charge in [-0.25, -0.2) is 4.98 Å². The summed E-state index contributed by atoms with van der Waals surface area (Å²) in [6, 6.07) is 0.883. The van der Waals surface area contributed by atoms with Gasteiger partial charge in [0, 0.05) is 25.4 Å². The summed E-state index contributed by atoms with van der Waals surface area (Å²) in [5.74, 6) is 1.83. The van der Waals surface area contributed by atoms with Crippen LogP contribution in [-0.4, -0.2) is 29.3 Å². The molecule has 3 atom stereocenters. The first-order chi connectivity index (χ1) is 9.10. The third kappa shape index (κ3) is 3.72. The number of hydrogen-bond acceptors (Lipinski definition) is 3. The van der Waals surface area contributed by atoms with Gasteiger partial charge in [-0.3, -0.25) is 0 Å². The molecule has 1 fully saturated rings. The van der Waals surface area contributed by atoms with Crippen LogP contribution in [0.15, 0.2) is 6.20 Å². The molecule has 1 saturated carbocycles. The highest BCUT2D eigenvalue weighted by Gasteiger charge is 2.23. The Morgan fingerprint density at radius 2 is 2.32 bits per heavy atom. The smallest absolute Gasteiger partial charge is 0.203 e. The molecule has 4 nitrogen and oxygen atoms in total. The predicted octanol–water partition coefficient (Wildman–Crippen LogP) is 3.39. The van der Waals surface area contributed by atoms with Crippen molar-refractivity contribution in [1.82, 2.24) is 9.55 Å². The molecular formula is C15H27N3O. The van der Waals surface area contributed by atoms with E-state index in [-0.39, 0.29) is 6.04 Å². The number of methoxy groups -OCH3 is 1. The molecule has 1 N–H and O–H groups in total. The van der Waals surface area contributed by atoms with Crippen molar-refractivity contribution in [3.05, 3.63) is 11.9 Å². The largest absolute Gasteiger partial charge is 0.383 e. The summed E-state index contributed by atoms with van der Waals surface area (Å²) < 4.78 is 7.53. The van der Waals surface area contributed by atoms with Crippen LogP contribution in [0.25, 0.3) is 0 Å². The van der Waals surface area contributed by atoms with Gasteiger partial charge in [-0.2, -0.15) is 0 Å². The molecule has 1 aliphatic rings. The van der Waals surface area contributed by atoms with Gasteiger partial charge >= 0.3 is 0 Å². The zero-order valence-electron chi connectivity index (χ0n) is 12.6. The fourth-order valence-corrected chi connectivity index (χ4v) is 3.07. The summed E-state index contributed by atoms with van der Waals surface area (Å²) in [6.07, 6.45) is 7.42. The summed E-state index contributed by atoms with van der Waals surface area (Å²) in [7, 11) is 1.73. The van der Waals surface area contributed by atoms with Gasteiger partial charge in [0.2, 0.25) is 5.95 Å². The molecule has 0 saturated heterocycles. The number of aryl methyl sites for hydroxylation is 1. The van der Waals surface area contributed by atoms with Gasteiger partial charge in [-0.15, -0.1) is 0 Å². The van der Waals surface area contributed by atoms with E-state index in [2.05, 4.69) is 41.8 Å². The van der Waals surface area contributed by atoms with Crippen LogP contribution in [0.5, 0.6) is 0 Å². The molecule has 108 valence electrons. The maximum absolute atomic E-state index is 5.19. The lowest BCUT2D eigenvalue weighted by atomic mass is 9.87. The Balaban J connectivity index is 2.11. The summed E-state index contributed by atoms with van der Waals surface area (Å²) >= 11 is 0. The second-order valence-corrected chi connectivity index (χ2v) is 6.04. The van der Waals surface area contributed by atoms with E-state index in [0.29, 0.717) is 12.6 Å². The van der Waals surface area contributed by atoms with Crippen molar-refractivity contribution >= 4 is 5.95 Å². The number of nitrogens with zero attached hydrogens (tertiary/aromatic N) is 2. The van der Waals surface area contributed by atoms with Crippen LogP contribution in [0.1, 0.15) is 51.3 Å². The van der Waals surface area contributed by atoms with E-state index in [1.807, 2.05) is 0 Å². The molecule has 0 spiro atoms. The Labute approximate surface area is 116 Å². The van der Waals surface area contributed by atoms with Gasteiger partial charge in [-0.05, 0) is 32.6 Å². The molecule has 0 radical (unpaired) electrons. The van der Waals surface area contributed by atoms with Crippen molar-refractivity contribution < 1.29 is 4.74 Å². The van der Waals surface area contributed by atoms with Crippen LogP contribution >= 0.6 is 0 Å². The summed E-state index contributed by atoms with van der Waals surface area (Å²) in [4.78, 5) is 4.63. The molecule has 0 aliphatic heterocycles. The molecule has 4 heteroatoms. The van der Waals surface area contributed by atoms with Crippen molar-refractivity contribution in [3.8, 4) is 0 Å². The number of nitrogens with one attached hydrogen (secondary N) is 1. The normalized spacial score (nSPS) is 25.3. The van der Waals surface area contributed by atoms with Gasteiger partial charge in [0.05, 0.1) is 12.3 Å². The Kier molecular flexibility index (Phi) is 4.86. The first kappa shape index (κ1) is 14.4. The molecule has 1 aromatic heterocycles. The SMILES string of the molecule is COCC(C)Nc1nc(C)cn1C1CCCC(C)C1. The molecule has 0 amide bonds. The van der Waals surface area contributed by atoms with E-state index in [4.69, 9.17) is 4.74 Å². The second kappa shape index (κ2) is 6.42. The van der Waals surface area contributed by atoms with Crippen molar-refractivity contribution in [3.63, 3.8) is 0 Å². The number of hydrogen-bond donors (Lipinski definition) is 1. The summed E-state index contributed by atoms with van der Waals surface area (Å²) in [5.41, 5.74) is 1.09. The summed E-state index contributed by atoms with van der Waals surface area (Å²) in [6.45, 7) is 7.25. The number of anilines is 1. The predicted molar refractivity (Wildman–Crippen MR) is 78.6 cm³/mol. The third-order valence-electron chi connectivity index (χ3n) is 3.95. The molecule has 0 bridgehead atoms. The standard InChI is InChI=1S/C15H27N3O/c1-11-6-5-7-14(8-11)18-9-12(2)16-15(18)17-13(3)10-19-4/h9,11,13-14H,5-8,10H2,1-4H3,(H,16,17). The highest BCUT2D eigenvalue weighted by Crippen LogP contribution is 2.34. The van der Waals surface area contributed by atoms with Gasteiger partial charge < -0.3 is 14.6 Å². The Hall–Kier alpha value is -1.03. The van der Waals surface area contributed by atoms with Crippen LogP contribution in [-0.2, 0) is 4.74 Å². The van der Waals surface area contributed by atoms with E-state index >= 15 is 0 Å². The van der Waals surface area contributed by atoms with Crippen molar-refractivity contribution in [2.75, 3.05) is 19.0 Å².